The monoisotopic (exact) mass is 231 g/mol. The van der Waals surface area contributed by atoms with Gasteiger partial charge in [0.2, 0.25) is 0 Å². The fourth-order valence-electron chi connectivity index (χ4n) is 1.53. The molecular weight excluding hydrogens is 210 g/mol. The number of hydrogen-bond donors (Lipinski definition) is 1. The fourth-order valence-corrected chi connectivity index (χ4v) is 1.53. The molecule has 0 saturated heterocycles. The molecule has 0 amide bonds. The zero-order chi connectivity index (χ0) is 12.5. The van der Waals surface area contributed by atoms with Crippen LogP contribution in [0.4, 0.5) is 0 Å². The van der Waals surface area contributed by atoms with Crippen LogP contribution < -0.4 is 10.5 Å². The van der Waals surface area contributed by atoms with E-state index < -0.39 is 0 Å². The van der Waals surface area contributed by atoms with Gasteiger partial charge in [-0.25, -0.2) is 0 Å². The maximum Gasteiger partial charge on any atom is 0.119 e. The third-order valence-electron chi connectivity index (χ3n) is 2.83. The average molecular weight is 231 g/mol. The molecule has 0 radical (unpaired) electrons. The highest BCUT2D eigenvalue weighted by Crippen LogP contribution is 2.15. The van der Waals surface area contributed by atoms with Crippen LogP contribution >= 0.6 is 0 Å². The Bertz CT molecular complexity index is 368. The summed E-state index contributed by atoms with van der Waals surface area (Å²) in [5, 5.41) is 0. The molecule has 0 heterocycles. The Hall–Kier alpha value is -1.46. The van der Waals surface area contributed by atoms with E-state index in [-0.39, 0.29) is 0 Å². The molecular formula is C15H21NO. The summed E-state index contributed by atoms with van der Waals surface area (Å²) in [5.74, 6) is 7.37. The van der Waals surface area contributed by atoms with Crippen LogP contribution in [0.3, 0.4) is 0 Å². The third-order valence-corrected chi connectivity index (χ3v) is 2.83. The first-order valence-corrected chi connectivity index (χ1v) is 6.21. The number of rotatable bonds is 5. The van der Waals surface area contributed by atoms with Gasteiger partial charge < -0.3 is 10.5 Å². The molecule has 1 aromatic carbocycles. The molecule has 0 aliphatic carbocycles. The van der Waals surface area contributed by atoms with E-state index in [9.17, 15) is 0 Å². The maximum absolute atomic E-state index is 5.74. The standard InChI is InChI=1S/C15H21NO/c1-3-13(4-2)12-17-15-9-7-14(8-10-15)6-5-11-16/h7-10,13H,3-4,11-12,16H2,1-2H3. The first-order valence-electron chi connectivity index (χ1n) is 6.21. The predicted octanol–water partition coefficient (Wildman–Crippen LogP) is 2.81. The minimum Gasteiger partial charge on any atom is -0.493 e. The van der Waals surface area contributed by atoms with E-state index in [0.717, 1.165) is 30.8 Å². The van der Waals surface area contributed by atoms with Crippen molar-refractivity contribution in [1.29, 1.82) is 0 Å². The van der Waals surface area contributed by atoms with E-state index in [0.29, 0.717) is 12.5 Å². The van der Waals surface area contributed by atoms with Crippen LogP contribution in [0.25, 0.3) is 0 Å². The predicted molar refractivity (Wildman–Crippen MR) is 71.9 cm³/mol. The summed E-state index contributed by atoms with van der Waals surface area (Å²) in [5.41, 5.74) is 6.30. The second kappa shape index (κ2) is 7.76. The van der Waals surface area contributed by atoms with Gasteiger partial charge in [-0.15, -0.1) is 0 Å². The normalized spacial score (nSPS) is 9.88. The quantitative estimate of drug-likeness (QED) is 0.791. The van der Waals surface area contributed by atoms with Crippen LogP contribution in [-0.2, 0) is 0 Å². The third kappa shape index (κ3) is 4.93. The summed E-state index contributed by atoms with van der Waals surface area (Å²) in [6.45, 7) is 5.58. The van der Waals surface area contributed by atoms with Crippen molar-refractivity contribution in [3.8, 4) is 17.6 Å². The van der Waals surface area contributed by atoms with Crippen molar-refractivity contribution < 1.29 is 4.74 Å². The lowest BCUT2D eigenvalue weighted by Gasteiger charge is -2.13. The molecule has 2 N–H and O–H groups in total. The number of benzene rings is 1. The van der Waals surface area contributed by atoms with Crippen LogP contribution in [0.2, 0.25) is 0 Å². The molecule has 2 heteroatoms. The minimum absolute atomic E-state index is 0.396. The lowest BCUT2D eigenvalue weighted by Crippen LogP contribution is -2.09. The highest BCUT2D eigenvalue weighted by molar-refractivity contribution is 5.38. The Kier molecular flexibility index (Phi) is 6.21. The van der Waals surface area contributed by atoms with Gasteiger partial charge in [0, 0.05) is 5.56 Å². The molecule has 0 aromatic heterocycles. The molecule has 0 unspecified atom stereocenters. The highest BCUT2D eigenvalue weighted by atomic mass is 16.5. The molecule has 0 aliphatic rings. The molecule has 0 fully saturated rings. The number of ether oxygens (including phenoxy) is 1. The Balaban J connectivity index is 2.50. The Morgan fingerprint density at radius 3 is 2.35 bits per heavy atom. The summed E-state index contributed by atoms with van der Waals surface area (Å²) in [4.78, 5) is 0. The second-order valence-electron chi connectivity index (χ2n) is 4.02. The molecule has 2 nitrogen and oxygen atoms in total. The van der Waals surface area contributed by atoms with Gasteiger partial charge in [-0.2, -0.15) is 0 Å². The Labute approximate surface area is 104 Å². The zero-order valence-electron chi connectivity index (χ0n) is 10.7. The molecule has 0 bridgehead atoms. The van der Waals surface area contributed by atoms with Gasteiger partial charge in [-0.1, -0.05) is 38.5 Å². The van der Waals surface area contributed by atoms with E-state index in [1.807, 2.05) is 24.3 Å². The summed E-state index contributed by atoms with van der Waals surface area (Å²) < 4.78 is 5.74. The summed E-state index contributed by atoms with van der Waals surface area (Å²) in [6, 6.07) is 7.85. The van der Waals surface area contributed by atoms with Crippen molar-refractivity contribution >= 4 is 0 Å². The van der Waals surface area contributed by atoms with E-state index in [4.69, 9.17) is 10.5 Å². The SMILES string of the molecule is CCC(CC)COc1ccc(C#CCN)cc1. The van der Waals surface area contributed by atoms with E-state index >= 15 is 0 Å². The van der Waals surface area contributed by atoms with Crippen molar-refractivity contribution in [2.24, 2.45) is 11.7 Å². The van der Waals surface area contributed by atoms with E-state index in [1.54, 1.807) is 0 Å². The van der Waals surface area contributed by atoms with Crippen molar-refractivity contribution in [3.05, 3.63) is 29.8 Å². The molecule has 92 valence electrons. The molecule has 0 aliphatic heterocycles. The topological polar surface area (TPSA) is 35.2 Å². The van der Waals surface area contributed by atoms with Gasteiger partial charge in [0.25, 0.3) is 0 Å². The van der Waals surface area contributed by atoms with Crippen LogP contribution in [0.15, 0.2) is 24.3 Å². The van der Waals surface area contributed by atoms with Crippen molar-refractivity contribution in [2.75, 3.05) is 13.2 Å². The first kappa shape index (κ1) is 13.6. The van der Waals surface area contributed by atoms with Crippen molar-refractivity contribution in [2.45, 2.75) is 26.7 Å². The van der Waals surface area contributed by atoms with Gasteiger partial charge in [-0.05, 0) is 30.2 Å². The van der Waals surface area contributed by atoms with E-state index in [1.165, 1.54) is 0 Å². The van der Waals surface area contributed by atoms with Crippen molar-refractivity contribution in [3.63, 3.8) is 0 Å². The molecule has 0 spiro atoms. The van der Waals surface area contributed by atoms with Crippen molar-refractivity contribution in [1.82, 2.24) is 0 Å². The summed E-state index contributed by atoms with van der Waals surface area (Å²) in [6.07, 6.45) is 2.33. The fraction of sp³-hybridized carbons (Fsp3) is 0.467. The highest BCUT2D eigenvalue weighted by Gasteiger charge is 2.03. The van der Waals surface area contributed by atoms with Gasteiger partial charge in [-0.3, -0.25) is 0 Å². The maximum atomic E-state index is 5.74. The summed E-state index contributed by atoms with van der Waals surface area (Å²) >= 11 is 0. The van der Waals surface area contributed by atoms with Crippen LogP contribution in [0.1, 0.15) is 32.3 Å². The molecule has 1 rings (SSSR count). The lowest BCUT2D eigenvalue weighted by molar-refractivity contribution is 0.240. The first-order chi connectivity index (χ1) is 8.30. The number of nitrogens with two attached hydrogens (primary N) is 1. The van der Waals surface area contributed by atoms with Gasteiger partial charge in [0.15, 0.2) is 0 Å². The molecule has 1 aromatic rings. The smallest absolute Gasteiger partial charge is 0.119 e. The van der Waals surface area contributed by atoms with Gasteiger partial charge in [0.1, 0.15) is 5.75 Å². The average Bonchev–Trinajstić information content (AvgIpc) is 2.39. The summed E-state index contributed by atoms with van der Waals surface area (Å²) in [7, 11) is 0. The Morgan fingerprint density at radius 1 is 1.18 bits per heavy atom. The van der Waals surface area contributed by atoms with Crippen LogP contribution in [0, 0.1) is 17.8 Å². The largest absolute Gasteiger partial charge is 0.493 e. The second-order valence-corrected chi connectivity index (χ2v) is 4.02. The van der Waals surface area contributed by atoms with Crippen LogP contribution in [-0.4, -0.2) is 13.2 Å². The zero-order valence-corrected chi connectivity index (χ0v) is 10.7. The number of hydrogen-bond acceptors (Lipinski definition) is 2. The van der Waals surface area contributed by atoms with Gasteiger partial charge >= 0.3 is 0 Å². The lowest BCUT2D eigenvalue weighted by atomic mass is 10.1. The molecule has 0 atom stereocenters. The van der Waals surface area contributed by atoms with Gasteiger partial charge in [0.05, 0.1) is 13.2 Å². The van der Waals surface area contributed by atoms with E-state index in [2.05, 4.69) is 25.7 Å². The van der Waals surface area contributed by atoms with Crippen LogP contribution in [0.5, 0.6) is 5.75 Å². The Morgan fingerprint density at radius 2 is 1.82 bits per heavy atom. The minimum atomic E-state index is 0.396. The molecule has 17 heavy (non-hydrogen) atoms. The molecule has 0 saturated carbocycles.